The molecular weight excluding hydrogens is 434 g/mol. The van der Waals surface area contributed by atoms with E-state index in [4.69, 9.17) is 0 Å². The predicted molar refractivity (Wildman–Crippen MR) is 126 cm³/mol. The lowest BCUT2D eigenvalue weighted by Crippen LogP contribution is -2.15. The van der Waals surface area contributed by atoms with Gasteiger partial charge < -0.3 is 5.11 Å². The highest BCUT2D eigenvalue weighted by Crippen LogP contribution is 2.46. The summed E-state index contributed by atoms with van der Waals surface area (Å²) in [6.07, 6.45) is 1.27. The first-order valence-corrected chi connectivity index (χ1v) is 11.9. The predicted octanol–water partition coefficient (Wildman–Crippen LogP) is 5.03. The number of rotatable bonds is 4. The van der Waals surface area contributed by atoms with Crippen molar-refractivity contribution in [1.82, 2.24) is 0 Å². The number of nitriles is 2. The molecule has 3 aromatic rings. The topological polar surface area (TPSA) is 114 Å². The van der Waals surface area contributed by atoms with E-state index in [1.165, 1.54) is 24.3 Å². The zero-order valence-corrected chi connectivity index (χ0v) is 18.7. The fourth-order valence-electron chi connectivity index (χ4n) is 4.23. The Morgan fingerprint density at radius 1 is 1.03 bits per heavy atom. The number of sulfonamides is 1. The van der Waals surface area contributed by atoms with E-state index in [9.17, 15) is 24.0 Å². The van der Waals surface area contributed by atoms with E-state index in [0.717, 1.165) is 16.7 Å². The standard InChI is InChI=1S/C26H21N3O3S/c1-17-6-10-21(11-7-17)33(31,32)29-20-9-13-25(30)24(14-20)23-12-8-18-4-2-3-5-22(18)26(23)19(15-27)16-28/h2-7,9-11,13-14,23,29-30H,8,12H2,1H3. The molecule has 0 spiro atoms. The highest BCUT2D eigenvalue weighted by Gasteiger charge is 2.30. The highest BCUT2D eigenvalue weighted by molar-refractivity contribution is 7.92. The van der Waals surface area contributed by atoms with Crippen LogP contribution in [0.1, 0.15) is 34.6 Å². The minimum absolute atomic E-state index is 0.0165. The van der Waals surface area contributed by atoms with Crippen molar-refractivity contribution in [3.8, 4) is 17.9 Å². The second-order valence-corrected chi connectivity index (χ2v) is 9.64. The normalized spacial score (nSPS) is 15.1. The summed E-state index contributed by atoms with van der Waals surface area (Å²) < 4.78 is 28.3. The second-order valence-electron chi connectivity index (χ2n) is 7.95. The van der Waals surface area contributed by atoms with Crippen molar-refractivity contribution in [2.24, 2.45) is 0 Å². The van der Waals surface area contributed by atoms with Gasteiger partial charge in [-0.1, -0.05) is 42.0 Å². The first-order chi connectivity index (χ1) is 15.8. The number of anilines is 1. The van der Waals surface area contributed by atoms with Gasteiger partial charge in [0.25, 0.3) is 10.0 Å². The van der Waals surface area contributed by atoms with Gasteiger partial charge in [-0.3, -0.25) is 4.72 Å². The van der Waals surface area contributed by atoms with Crippen LogP contribution in [-0.4, -0.2) is 13.5 Å². The van der Waals surface area contributed by atoms with Crippen molar-refractivity contribution in [2.45, 2.75) is 30.6 Å². The van der Waals surface area contributed by atoms with Crippen LogP contribution < -0.4 is 4.72 Å². The number of aromatic hydroxyl groups is 1. The van der Waals surface area contributed by atoms with E-state index in [0.29, 0.717) is 24.0 Å². The molecule has 0 aliphatic heterocycles. The number of benzene rings is 3. The lowest BCUT2D eigenvalue weighted by Gasteiger charge is -2.29. The molecule has 1 aliphatic rings. The molecule has 1 atom stereocenters. The van der Waals surface area contributed by atoms with Crippen molar-refractivity contribution in [1.29, 1.82) is 10.5 Å². The van der Waals surface area contributed by atoms with Crippen LogP contribution >= 0.6 is 0 Å². The lowest BCUT2D eigenvalue weighted by atomic mass is 9.74. The van der Waals surface area contributed by atoms with E-state index < -0.39 is 15.9 Å². The monoisotopic (exact) mass is 455 g/mol. The zero-order valence-electron chi connectivity index (χ0n) is 17.9. The summed E-state index contributed by atoms with van der Waals surface area (Å²) in [7, 11) is -3.83. The highest BCUT2D eigenvalue weighted by atomic mass is 32.2. The summed E-state index contributed by atoms with van der Waals surface area (Å²) in [6.45, 7) is 1.88. The van der Waals surface area contributed by atoms with Gasteiger partial charge in [0.15, 0.2) is 0 Å². The summed E-state index contributed by atoms with van der Waals surface area (Å²) in [4.78, 5) is 0.131. The fraction of sp³-hybridized carbons (Fsp3) is 0.154. The summed E-state index contributed by atoms with van der Waals surface area (Å²) in [5.41, 5.74) is 4.07. The Bertz CT molecular complexity index is 1430. The van der Waals surface area contributed by atoms with Gasteiger partial charge >= 0.3 is 0 Å². The van der Waals surface area contributed by atoms with Crippen LogP contribution in [0, 0.1) is 29.6 Å². The molecule has 164 valence electrons. The molecule has 0 radical (unpaired) electrons. The maximum absolute atomic E-state index is 12.8. The zero-order chi connectivity index (χ0) is 23.6. The number of nitrogens with zero attached hydrogens (tertiary/aromatic N) is 2. The summed E-state index contributed by atoms with van der Waals surface area (Å²) >= 11 is 0. The molecule has 0 saturated heterocycles. The molecule has 3 aromatic carbocycles. The third kappa shape index (κ3) is 4.32. The molecule has 0 aromatic heterocycles. The Hall–Kier alpha value is -4.07. The van der Waals surface area contributed by atoms with Gasteiger partial charge in [0, 0.05) is 17.2 Å². The van der Waals surface area contributed by atoms with E-state index in [2.05, 4.69) is 4.72 Å². The van der Waals surface area contributed by atoms with Crippen molar-refractivity contribution in [3.63, 3.8) is 0 Å². The second kappa shape index (κ2) is 8.82. The summed E-state index contributed by atoms with van der Waals surface area (Å²) in [5.74, 6) is -0.455. The van der Waals surface area contributed by atoms with Crippen molar-refractivity contribution < 1.29 is 13.5 Å². The number of hydrogen-bond donors (Lipinski definition) is 2. The van der Waals surface area contributed by atoms with E-state index in [1.54, 1.807) is 18.2 Å². The largest absolute Gasteiger partial charge is 0.508 e. The van der Waals surface area contributed by atoms with Gasteiger partial charge in [0.1, 0.15) is 23.5 Å². The number of hydrogen-bond acceptors (Lipinski definition) is 5. The van der Waals surface area contributed by atoms with E-state index in [-0.39, 0.29) is 21.9 Å². The van der Waals surface area contributed by atoms with Crippen LogP contribution in [-0.2, 0) is 16.4 Å². The molecule has 4 rings (SSSR count). The number of nitrogens with one attached hydrogen (secondary N) is 1. The van der Waals surface area contributed by atoms with E-state index in [1.807, 2.05) is 43.3 Å². The molecule has 0 saturated carbocycles. The fourth-order valence-corrected chi connectivity index (χ4v) is 5.28. The van der Waals surface area contributed by atoms with Gasteiger partial charge in [-0.2, -0.15) is 10.5 Å². The van der Waals surface area contributed by atoms with Crippen LogP contribution in [0.15, 0.2) is 77.2 Å². The Morgan fingerprint density at radius 2 is 1.73 bits per heavy atom. The van der Waals surface area contributed by atoms with E-state index >= 15 is 0 Å². The van der Waals surface area contributed by atoms with Gasteiger partial charge in [0.2, 0.25) is 0 Å². The molecule has 0 heterocycles. The van der Waals surface area contributed by atoms with Crippen LogP contribution in [0.5, 0.6) is 5.75 Å². The Balaban J connectivity index is 1.78. The molecule has 1 unspecified atom stereocenters. The summed E-state index contributed by atoms with van der Waals surface area (Å²) in [6, 6.07) is 22.6. The Kier molecular flexibility index (Phi) is 5.91. The van der Waals surface area contributed by atoms with Gasteiger partial charge in [-0.25, -0.2) is 8.42 Å². The number of allylic oxidation sites excluding steroid dienone is 2. The van der Waals surface area contributed by atoms with Crippen molar-refractivity contribution >= 4 is 21.3 Å². The quantitative estimate of drug-likeness (QED) is 0.423. The van der Waals surface area contributed by atoms with Crippen molar-refractivity contribution in [3.05, 3.63) is 94.6 Å². The Labute approximate surface area is 193 Å². The minimum Gasteiger partial charge on any atom is -0.508 e. The maximum Gasteiger partial charge on any atom is 0.261 e. The average Bonchev–Trinajstić information content (AvgIpc) is 2.81. The molecular formula is C26H21N3O3S. The number of phenols is 1. The molecule has 0 bridgehead atoms. The molecule has 7 heteroatoms. The summed E-state index contributed by atoms with van der Waals surface area (Å²) in [5, 5.41) is 29.9. The molecule has 33 heavy (non-hydrogen) atoms. The average molecular weight is 456 g/mol. The molecule has 1 aliphatic carbocycles. The SMILES string of the molecule is Cc1ccc(S(=O)(=O)Nc2ccc(O)c(C3CCc4ccccc4C3=C(C#N)C#N)c2)cc1. The molecule has 6 nitrogen and oxygen atoms in total. The smallest absolute Gasteiger partial charge is 0.261 e. The number of aryl methyl sites for hydroxylation is 2. The van der Waals surface area contributed by atoms with Gasteiger partial charge in [-0.05, 0) is 66.8 Å². The van der Waals surface area contributed by atoms with Crippen LogP contribution in [0.4, 0.5) is 5.69 Å². The molecule has 0 amide bonds. The van der Waals surface area contributed by atoms with Crippen LogP contribution in [0.2, 0.25) is 0 Å². The van der Waals surface area contributed by atoms with Crippen LogP contribution in [0.3, 0.4) is 0 Å². The Morgan fingerprint density at radius 3 is 2.42 bits per heavy atom. The third-order valence-corrected chi connectivity index (χ3v) is 7.23. The lowest BCUT2D eigenvalue weighted by molar-refractivity contribution is 0.464. The van der Waals surface area contributed by atoms with Gasteiger partial charge in [0.05, 0.1) is 4.90 Å². The van der Waals surface area contributed by atoms with Crippen molar-refractivity contribution in [2.75, 3.05) is 4.72 Å². The molecule has 2 N–H and O–H groups in total. The first-order valence-electron chi connectivity index (χ1n) is 10.4. The van der Waals surface area contributed by atoms with Gasteiger partial charge in [-0.15, -0.1) is 0 Å². The van der Waals surface area contributed by atoms with Crippen LogP contribution in [0.25, 0.3) is 5.57 Å². The number of fused-ring (bicyclic) bond motifs is 1. The molecule has 0 fully saturated rings. The number of phenolic OH excluding ortho intramolecular Hbond substituents is 1. The third-order valence-electron chi connectivity index (χ3n) is 5.84. The minimum atomic E-state index is -3.83. The maximum atomic E-state index is 12.8. The first kappa shape index (κ1) is 22.1.